The molecule has 5 heteroatoms. The molecule has 2 aliphatic heterocycles. The van der Waals surface area contributed by atoms with Crippen LogP contribution in [0.3, 0.4) is 0 Å². The van der Waals surface area contributed by atoms with Crippen LogP contribution in [0.2, 0.25) is 0 Å². The van der Waals surface area contributed by atoms with Gasteiger partial charge in [-0.3, -0.25) is 4.79 Å². The summed E-state index contributed by atoms with van der Waals surface area (Å²) >= 11 is 0. The molecule has 0 aromatic heterocycles. The predicted molar refractivity (Wildman–Crippen MR) is 127 cm³/mol. The Morgan fingerprint density at radius 1 is 0.969 bits per heavy atom. The number of amides is 1. The maximum atomic E-state index is 12.9. The van der Waals surface area contributed by atoms with Crippen molar-refractivity contribution >= 4 is 5.91 Å². The summed E-state index contributed by atoms with van der Waals surface area (Å²) in [7, 11) is 1.73. The summed E-state index contributed by atoms with van der Waals surface area (Å²) < 4.78 is 11.5. The molecule has 1 atom stereocenters. The van der Waals surface area contributed by atoms with Gasteiger partial charge in [-0.2, -0.15) is 0 Å². The maximum Gasteiger partial charge on any atom is 0.253 e. The van der Waals surface area contributed by atoms with Crippen LogP contribution in [-0.2, 0) is 11.2 Å². The van der Waals surface area contributed by atoms with Crippen LogP contribution in [-0.4, -0.2) is 68.3 Å². The SMILES string of the molecule is COC[C@@H]1CCCN(C(=O)c2ccc(OC3CCN(CCc4ccccc4)CC3)cc2)C1. The minimum absolute atomic E-state index is 0.115. The number of benzene rings is 2. The molecule has 4 rings (SSSR count). The zero-order valence-electron chi connectivity index (χ0n) is 19.2. The van der Waals surface area contributed by atoms with Gasteiger partial charge in [0, 0.05) is 45.4 Å². The molecular formula is C27H36N2O3. The fraction of sp³-hybridized carbons (Fsp3) is 0.519. The quantitative estimate of drug-likeness (QED) is 0.620. The zero-order valence-corrected chi connectivity index (χ0v) is 19.2. The van der Waals surface area contributed by atoms with Gasteiger partial charge in [0.05, 0.1) is 6.61 Å². The number of carbonyl (C=O) groups excluding carboxylic acids is 1. The standard InChI is InChI=1S/C27H36N2O3/c1-31-21-23-8-5-16-29(20-23)27(30)24-9-11-25(12-10-24)32-26-14-18-28(19-15-26)17-13-22-6-3-2-4-7-22/h2-4,6-7,9-12,23,26H,5,8,13-21H2,1H3/t23-/m1/s1. The Morgan fingerprint density at radius 2 is 1.72 bits per heavy atom. The van der Waals surface area contributed by atoms with Gasteiger partial charge in [-0.25, -0.2) is 0 Å². The van der Waals surface area contributed by atoms with Crippen molar-refractivity contribution in [1.82, 2.24) is 9.80 Å². The van der Waals surface area contributed by atoms with Gasteiger partial charge in [-0.1, -0.05) is 30.3 Å². The average Bonchev–Trinajstić information content (AvgIpc) is 2.85. The van der Waals surface area contributed by atoms with E-state index in [1.807, 2.05) is 29.2 Å². The fourth-order valence-electron chi connectivity index (χ4n) is 4.85. The molecule has 0 N–H and O–H groups in total. The van der Waals surface area contributed by atoms with Gasteiger partial charge in [0.2, 0.25) is 0 Å². The Morgan fingerprint density at radius 3 is 2.44 bits per heavy atom. The third kappa shape index (κ3) is 6.33. The van der Waals surface area contributed by atoms with E-state index in [9.17, 15) is 4.79 Å². The Labute approximate surface area is 192 Å². The maximum absolute atomic E-state index is 12.9. The van der Waals surface area contributed by atoms with E-state index in [-0.39, 0.29) is 12.0 Å². The lowest BCUT2D eigenvalue weighted by molar-refractivity contribution is 0.0571. The van der Waals surface area contributed by atoms with Crippen LogP contribution >= 0.6 is 0 Å². The number of methoxy groups -OCH3 is 1. The number of likely N-dealkylation sites (tertiary alicyclic amines) is 2. The number of nitrogens with zero attached hydrogens (tertiary/aromatic N) is 2. The highest BCUT2D eigenvalue weighted by atomic mass is 16.5. The Hall–Kier alpha value is -2.37. The molecule has 32 heavy (non-hydrogen) atoms. The second kappa shape index (κ2) is 11.5. The van der Waals surface area contributed by atoms with Crippen molar-refractivity contribution in [2.75, 3.05) is 46.4 Å². The second-order valence-corrected chi connectivity index (χ2v) is 9.13. The van der Waals surface area contributed by atoms with Crippen LogP contribution in [0.4, 0.5) is 0 Å². The molecule has 0 saturated carbocycles. The van der Waals surface area contributed by atoms with Crippen LogP contribution in [0.1, 0.15) is 41.6 Å². The van der Waals surface area contributed by atoms with E-state index in [4.69, 9.17) is 9.47 Å². The number of hydrogen-bond acceptors (Lipinski definition) is 4. The first kappa shape index (κ1) is 22.8. The molecule has 2 aromatic rings. The molecule has 0 spiro atoms. The number of rotatable bonds is 8. The van der Waals surface area contributed by atoms with Gasteiger partial charge in [0.15, 0.2) is 0 Å². The first-order chi connectivity index (χ1) is 15.7. The van der Waals surface area contributed by atoms with Crippen molar-refractivity contribution in [3.8, 4) is 5.75 Å². The van der Waals surface area contributed by atoms with Crippen molar-refractivity contribution in [2.24, 2.45) is 5.92 Å². The summed E-state index contributed by atoms with van der Waals surface area (Å²) in [4.78, 5) is 17.4. The van der Waals surface area contributed by atoms with Crippen molar-refractivity contribution in [3.05, 3.63) is 65.7 Å². The highest BCUT2D eigenvalue weighted by molar-refractivity contribution is 5.94. The molecule has 172 valence electrons. The summed E-state index contributed by atoms with van der Waals surface area (Å²) in [6.45, 7) is 5.60. The minimum Gasteiger partial charge on any atom is -0.490 e. The number of piperidine rings is 2. The Balaban J connectivity index is 1.21. The average molecular weight is 437 g/mol. The first-order valence-corrected chi connectivity index (χ1v) is 12.0. The highest BCUT2D eigenvalue weighted by Crippen LogP contribution is 2.22. The topological polar surface area (TPSA) is 42.0 Å². The third-order valence-corrected chi connectivity index (χ3v) is 6.71. The van der Waals surface area contributed by atoms with E-state index in [2.05, 4.69) is 35.2 Å². The summed E-state index contributed by atoms with van der Waals surface area (Å²) in [5, 5.41) is 0. The molecule has 5 nitrogen and oxygen atoms in total. The van der Waals surface area contributed by atoms with Gasteiger partial charge in [-0.15, -0.1) is 0 Å². The van der Waals surface area contributed by atoms with E-state index in [1.165, 1.54) is 5.56 Å². The molecule has 0 unspecified atom stereocenters. The molecule has 2 fully saturated rings. The first-order valence-electron chi connectivity index (χ1n) is 12.0. The fourth-order valence-corrected chi connectivity index (χ4v) is 4.85. The van der Waals surface area contributed by atoms with Gasteiger partial charge in [0.25, 0.3) is 5.91 Å². The van der Waals surface area contributed by atoms with Crippen LogP contribution in [0.5, 0.6) is 5.75 Å². The normalized spacial score (nSPS) is 20.3. The number of hydrogen-bond donors (Lipinski definition) is 0. The number of ether oxygens (including phenoxy) is 2. The molecule has 2 heterocycles. The Kier molecular flexibility index (Phi) is 8.18. The van der Waals surface area contributed by atoms with Crippen LogP contribution < -0.4 is 4.74 Å². The largest absolute Gasteiger partial charge is 0.490 e. The second-order valence-electron chi connectivity index (χ2n) is 9.13. The zero-order chi connectivity index (χ0) is 22.2. The lowest BCUT2D eigenvalue weighted by atomic mass is 9.98. The van der Waals surface area contributed by atoms with Gasteiger partial charge in [-0.05, 0) is 67.9 Å². The molecule has 2 aromatic carbocycles. The molecule has 0 radical (unpaired) electrons. The van der Waals surface area contributed by atoms with Crippen molar-refractivity contribution < 1.29 is 14.3 Å². The van der Waals surface area contributed by atoms with Gasteiger partial charge < -0.3 is 19.3 Å². The number of carbonyl (C=O) groups is 1. The summed E-state index contributed by atoms with van der Waals surface area (Å²) in [5.74, 6) is 1.42. The lowest BCUT2D eigenvalue weighted by Gasteiger charge is -2.33. The van der Waals surface area contributed by atoms with E-state index in [1.54, 1.807) is 7.11 Å². The van der Waals surface area contributed by atoms with Gasteiger partial charge in [0.1, 0.15) is 11.9 Å². The summed E-state index contributed by atoms with van der Waals surface area (Å²) in [6, 6.07) is 18.4. The van der Waals surface area contributed by atoms with E-state index < -0.39 is 0 Å². The van der Waals surface area contributed by atoms with Gasteiger partial charge >= 0.3 is 0 Å². The lowest BCUT2D eigenvalue weighted by Crippen LogP contribution is -2.41. The molecule has 0 aliphatic carbocycles. The summed E-state index contributed by atoms with van der Waals surface area (Å²) in [5.41, 5.74) is 2.14. The van der Waals surface area contributed by atoms with Crippen molar-refractivity contribution in [3.63, 3.8) is 0 Å². The van der Waals surface area contributed by atoms with E-state index >= 15 is 0 Å². The summed E-state index contributed by atoms with van der Waals surface area (Å²) in [6.07, 6.45) is 5.63. The molecule has 2 saturated heterocycles. The van der Waals surface area contributed by atoms with E-state index in [0.29, 0.717) is 5.92 Å². The van der Waals surface area contributed by atoms with Crippen molar-refractivity contribution in [2.45, 2.75) is 38.2 Å². The highest BCUT2D eigenvalue weighted by Gasteiger charge is 2.25. The molecule has 1 amide bonds. The third-order valence-electron chi connectivity index (χ3n) is 6.71. The molecule has 0 bridgehead atoms. The monoisotopic (exact) mass is 436 g/mol. The molecular weight excluding hydrogens is 400 g/mol. The van der Waals surface area contributed by atoms with Crippen LogP contribution in [0.15, 0.2) is 54.6 Å². The predicted octanol–water partition coefficient (Wildman–Crippen LogP) is 4.27. The minimum atomic E-state index is 0.115. The van der Waals surface area contributed by atoms with Crippen molar-refractivity contribution in [1.29, 1.82) is 0 Å². The van der Waals surface area contributed by atoms with Crippen LogP contribution in [0.25, 0.3) is 0 Å². The smallest absolute Gasteiger partial charge is 0.253 e. The van der Waals surface area contributed by atoms with E-state index in [0.717, 1.165) is 82.7 Å². The molecule has 2 aliphatic rings. The Bertz CT molecular complexity index is 830. The van der Waals surface area contributed by atoms with Crippen LogP contribution in [0, 0.1) is 5.92 Å².